The predicted octanol–water partition coefficient (Wildman–Crippen LogP) is 3.62. The first kappa shape index (κ1) is 22.9. The molecule has 3 aromatic rings. The first-order chi connectivity index (χ1) is 16.4. The van der Waals surface area contributed by atoms with Crippen LogP contribution >= 0.6 is 0 Å². The summed E-state index contributed by atoms with van der Waals surface area (Å²) < 4.78 is 43.8. The van der Waals surface area contributed by atoms with Crippen molar-refractivity contribution in [3.63, 3.8) is 0 Å². The SMILES string of the molecule is COc1ccc(NS(=O)(=O)c2ccc(N/N=C\c3ccc4c(c3)OCCO4)c([N+](=O)[O-])c2)cc1. The lowest BCUT2D eigenvalue weighted by molar-refractivity contribution is -0.384. The Morgan fingerprint density at radius 3 is 2.47 bits per heavy atom. The van der Waals surface area contributed by atoms with Gasteiger partial charge in [-0.2, -0.15) is 5.10 Å². The number of hydrazone groups is 1. The van der Waals surface area contributed by atoms with Gasteiger partial charge >= 0.3 is 0 Å². The molecule has 0 atom stereocenters. The van der Waals surface area contributed by atoms with E-state index in [0.717, 1.165) is 6.07 Å². The van der Waals surface area contributed by atoms with E-state index in [0.29, 0.717) is 36.0 Å². The molecule has 11 nitrogen and oxygen atoms in total. The maximum Gasteiger partial charge on any atom is 0.295 e. The van der Waals surface area contributed by atoms with Crippen molar-refractivity contribution in [2.75, 3.05) is 30.5 Å². The fourth-order valence-corrected chi connectivity index (χ4v) is 4.19. The Kier molecular flexibility index (Phi) is 6.50. The molecular weight excluding hydrogens is 464 g/mol. The summed E-state index contributed by atoms with van der Waals surface area (Å²) in [5, 5.41) is 15.6. The monoisotopic (exact) mass is 484 g/mol. The Balaban J connectivity index is 1.51. The molecule has 2 N–H and O–H groups in total. The summed E-state index contributed by atoms with van der Waals surface area (Å²) in [4.78, 5) is 10.6. The van der Waals surface area contributed by atoms with Crippen LogP contribution in [0.1, 0.15) is 5.56 Å². The largest absolute Gasteiger partial charge is 0.497 e. The van der Waals surface area contributed by atoms with Crippen molar-refractivity contribution in [2.24, 2.45) is 5.10 Å². The molecule has 0 amide bonds. The molecule has 0 bridgehead atoms. The molecule has 1 aliphatic heterocycles. The number of rotatable bonds is 8. The number of nitro benzene ring substituents is 1. The van der Waals surface area contributed by atoms with Crippen molar-refractivity contribution in [3.8, 4) is 17.2 Å². The number of fused-ring (bicyclic) bond motifs is 1. The van der Waals surface area contributed by atoms with E-state index < -0.39 is 20.6 Å². The van der Waals surface area contributed by atoms with Crippen LogP contribution in [0.15, 0.2) is 70.7 Å². The maximum atomic E-state index is 12.7. The highest BCUT2D eigenvalue weighted by atomic mass is 32.2. The van der Waals surface area contributed by atoms with E-state index in [1.165, 1.54) is 37.6 Å². The number of benzene rings is 3. The number of methoxy groups -OCH3 is 1. The molecule has 1 aliphatic rings. The van der Waals surface area contributed by atoms with Gasteiger partial charge in [0.1, 0.15) is 24.7 Å². The van der Waals surface area contributed by atoms with Crippen LogP contribution in [-0.4, -0.2) is 39.9 Å². The Bertz CT molecular complexity index is 1340. The number of sulfonamides is 1. The number of hydrogen-bond donors (Lipinski definition) is 2. The van der Waals surface area contributed by atoms with Crippen LogP contribution in [0.4, 0.5) is 17.1 Å². The van der Waals surface area contributed by atoms with Gasteiger partial charge in [0.2, 0.25) is 0 Å². The summed E-state index contributed by atoms with van der Waals surface area (Å²) in [5.41, 5.74) is 3.14. The molecule has 0 saturated carbocycles. The highest BCUT2D eigenvalue weighted by Gasteiger charge is 2.21. The third-order valence-electron chi connectivity index (χ3n) is 4.78. The normalized spacial score (nSPS) is 12.9. The number of nitrogens with one attached hydrogen (secondary N) is 2. The fourth-order valence-electron chi connectivity index (χ4n) is 3.11. The van der Waals surface area contributed by atoms with E-state index in [2.05, 4.69) is 15.2 Å². The van der Waals surface area contributed by atoms with Gasteiger partial charge in [0.05, 0.1) is 23.1 Å². The van der Waals surface area contributed by atoms with Crippen molar-refractivity contribution >= 4 is 33.3 Å². The molecule has 0 aromatic heterocycles. The summed E-state index contributed by atoms with van der Waals surface area (Å²) in [6.07, 6.45) is 1.46. The van der Waals surface area contributed by atoms with Crippen molar-refractivity contribution in [1.82, 2.24) is 0 Å². The topological polar surface area (TPSA) is 141 Å². The molecule has 176 valence electrons. The Hall–Kier alpha value is -4.32. The van der Waals surface area contributed by atoms with Crippen molar-refractivity contribution < 1.29 is 27.6 Å². The van der Waals surface area contributed by atoms with Crippen LogP contribution in [-0.2, 0) is 10.0 Å². The van der Waals surface area contributed by atoms with Gasteiger partial charge in [-0.15, -0.1) is 0 Å². The van der Waals surface area contributed by atoms with Crippen molar-refractivity contribution in [3.05, 3.63) is 76.3 Å². The van der Waals surface area contributed by atoms with Gasteiger partial charge in [-0.1, -0.05) is 0 Å². The summed E-state index contributed by atoms with van der Waals surface area (Å²) in [7, 11) is -2.57. The fraction of sp³-hybridized carbons (Fsp3) is 0.136. The molecule has 0 fully saturated rings. The molecule has 0 unspecified atom stereocenters. The minimum atomic E-state index is -4.07. The summed E-state index contributed by atoms with van der Waals surface area (Å²) in [5.74, 6) is 1.78. The van der Waals surface area contributed by atoms with Gasteiger partial charge in [0.15, 0.2) is 11.5 Å². The zero-order valence-corrected chi connectivity index (χ0v) is 18.7. The first-order valence-corrected chi connectivity index (χ1v) is 11.5. The lowest BCUT2D eigenvalue weighted by Crippen LogP contribution is -2.15. The summed E-state index contributed by atoms with van der Waals surface area (Å²) in [6.45, 7) is 0.924. The molecule has 12 heteroatoms. The first-order valence-electron chi connectivity index (χ1n) is 10.00. The van der Waals surface area contributed by atoms with Crippen molar-refractivity contribution in [1.29, 1.82) is 0 Å². The van der Waals surface area contributed by atoms with E-state index in [9.17, 15) is 18.5 Å². The predicted molar refractivity (Wildman–Crippen MR) is 126 cm³/mol. The third kappa shape index (κ3) is 5.18. The Morgan fingerprint density at radius 2 is 1.76 bits per heavy atom. The molecule has 0 saturated heterocycles. The van der Waals surface area contributed by atoms with Crippen LogP contribution < -0.4 is 24.4 Å². The van der Waals surface area contributed by atoms with Crippen molar-refractivity contribution in [2.45, 2.75) is 4.90 Å². The second-order valence-electron chi connectivity index (χ2n) is 7.04. The standard InChI is InChI=1S/C22H20N4O7S/c1-31-17-5-3-16(4-6-17)25-34(29,30)18-7-8-19(20(13-18)26(27)28)24-23-14-15-2-9-21-22(12-15)33-11-10-32-21/h2-9,12-14,24-25H,10-11H2,1H3/b23-14-. The van der Waals surface area contributed by atoms with E-state index in [4.69, 9.17) is 14.2 Å². The van der Waals surface area contributed by atoms with Gasteiger partial charge in [-0.3, -0.25) is 20.3 Å². The second-order valence-corrected chi connectivity index (χ2v) is 8.73. The molecule has 1 heterocycles. The molecule has 3 aromatic carbocycles. The van der Waals surface area contributed by atoms with Gasteiger partial charge in [-0.05, 0) is 60.2 Å². The smallest absolute Gasteiger partial charge is 0.295 e. The van der Waals surface area contributed by atoms with Crippen LogP contribution in [0.5, 0.6) is 17.2 Å². The van der Waals surface area contributed by atoms with E-state index in [1.54, 1.807) is 30.3 Å². The van der Waals surface area contributed by atoms with E-state index in [1.807, 2.05) is 0 Å². The van der Waals surface area contributed by atoms with Crippen LogP contribution in [0.2, 0.25) is 0 Å². The molecule has 34 heavy (non-hydrogen) atoms. The van der Waals surface area contributed by atoms with Gasteiger partial charge in [-0.25, -0.2) is 8.42 Å². The second kappa shape index (κ2) is 9.67. The molecule has 0 spiro atoms. The zero-order valence-electron chi connectivity index (χ0n) is 17.9. The lowest BCUT2D eigenvalue weighted by Gasteiger charge is -2.18. The minimum absolute atomic E-state index is 0.0298. The Morgan fingerprint density at radius 1 is 1.03 bits per heavy atom. The maximum absolute atomic E-state index is 12.7. The van der Waals surface area contributed by atoms with Crippen LogP contribution in [0.3, 0.4) is 0 Å². The highest BCUT2D eigenvalue weighted by Crippen LogP contribution is 2.31. The number of nitrogens with zero attached hydrogens (tertiary/aromatic N) is 2. The highest BCUT2D eigenvalue weighted by molar-refractivity contribution is 7.92. The average Bonchev–Trinajstić information content (AvgIpc) is 2.84. The van der Waals surface area contributed by atoms with Crippen LogP contribution in [0.25, 0.3) is 0 Å². The number of nitro groups is 1. The number of anilines is 2. The lowest BCUT2D eigenvalue weighted by atomic mass is 10.2. The molecule has 0 aliphatic carbocycles. The summed E-state index contributed by atoms with van der Waals surface area (Å²) >= 11 is 0. The number of hydrogen-bond acceptors (Lipinski definition) is 9. The third-order valence-corrected chi connectivity index (χ3v) is 6.16. The molecule has 4 rings (SSSR count). The van der Waals surface area contributed by atoms with E-state index in [-0.39, 0.29) is 16.3 Å². The number of ether oxygens (including phenoxy) is 3. The minimum Gasteiger partial charge on any atom is -0.497 e. The Labute approximate surface area is 195 Å². The summed E-state index contributed by atoms with van der Waals surface area (Å²) in [6, 6.07) is 15.0. The van der Waals surface area contributed by atoms with Crippen LogP contribution in [0, 0.1) is 10.1 Å². The zero-order chi connectivity index (χ0) is 24.1. The van der Waals surface area contributed by atoms with Gasteiger partial charge in [0, 0.05) is 11.8 Å². The van der Waals surface area contributed by atoms with E-state index >= 15 is 0 Å². The molecular formula is C22H20N4O7S. The van der Waals surface area contributed by atoms with Gasteiger partial charge < -0.3 is 14.2 Å². The average molecular weight is 484 g/mol. The quantitative estimate of drug-likeness (QED) is 0.281. The molecule has 0 radical (unpaired) electrons. The van der Waals surface area contributed by atoms with Gasteiger partial charge in [0.25, 0.3) is 15.7 Å².